The summed E-state index contributed by atoms with van der Waals surface area (Å²) in [7, 11) is 0. The van der Waals surface area contributed by atoms with Crippen molar-refractivity contribution in [2.75, 3.05) is 13.2 Å². The van der Waals surface area contributed by atoms with Gasteiger partial charge in [-0.05, 0) is 31.0 Å². The number of carbonyl (C=O) groups excluding carboxylic acids is 1. The SMILES string of the molecule is O=C(NCC1CCCO1)c1cnn2c(C(F)(F)F)cc(-c3ccco3)nc12. The lowest BCUT2D eigenvalue weighted by Crippen LogP contribution is -2.31. The Morgan fingerprint density at radius 2 is 2.26 bits per heavy atom. The number of hydrogen-bond acceptors (Lipinski definition) is 5. The number of nitrogens with one attached hydrogen (secondary N) is 1. The predicted octanol–water partition coefficient (Wildman–Crippen LogP) is 2.92. The van der Waals surface area contributed by atoms with Crippen LogP contribution in [0.4, 0.5) is 13.2 Å². The Morgan fingerprint density at radius 3 is 2.93 bits per heavy atom. The molecule has 1 fully saturated rings. The molecular weight excluding hydrogens is 365 g/mol. The topological polar surface area (TPSA) is 81.7 Å². The van der Waals surface area contributed by atoms with E-state index in [4.69, 9.17) is 9.15 Å². The summed E-state index contributed by atoms with van der Waals surface area (Å²) < 4.78 is 51.6. The van der Waals surface area contributed by atoms with Crippen molar-refractivity contribution in [2.45, 2.75) is 25.1 Å². The molecule has 142 valence electrons. The summed E-state index contributed by atoms with van der Waals surface area (Å²) in [6.07, 6.45) is -0.615. The number of amides is 1. The minimum Gasteiger partial charge on any atom is -0.463 e. The zero-order valence-electron chi connectivity index (χ0n) is 14.0. The second kappa shape index (κ2) is 6.69. The number of aromatic nitrogens is 3. The van der Waals surface area contributed by atoms with Crippen LogP contribution >= 0.6 is 0 Å². The molecule has 0 radical (unpaired) electrons. The summed E-state index contributed by atoms with van der Waals surface area (Å²) in [6, 6.07) is 3.87. The molecule has 1 aliphatic heterocycles. The second-order valence-corrected chi connectivity index (χ2v) is 6.14. The van der Waals surface area contributed by atoms with Gasteiger partial charge in [0.25, 0.3) is 5.91 Å². The highest BCUT2D eigenvalue weighted by molar-refractivity contribution is 5.99. The van der Waals surface area contributed by atoms with Gasteiger partial charge in [-0.1, -0.05) is 0 Å². The molecule has 1 N–H and O–H groups in total. The van der Waals surface area contributed by atoms with Crippen molar-refractivity contribution in [1.29, 1.82) is 0 Å². The van der Waals surface area contributed by atoms with Gasteiger partial charge in [0.1, 0.15) is 11.3 Å². The second-order valence-electron chi connectivity index (χ2n) is 6.14. The fourth-order valence-electron chi connectivity index (χ4n) is 2.98. The molecule has 1 aliphatic rings. The van der Waals surface area contributed by atoms with Gasteiger partial charge < -0.3 is 14.5 Å². The van der Waals surface area contributed by atoms with E-state index in [1.807, 2.05) is 0 Å². The van der Waals surface area contributed by atoms with Crippen molar-refractivity contribution in [3.05, 3.63) is 41.9 Å². The largest absolute Gasteiger partial charge is 0.463 e. The van der Waals surface area contributed by atoms with Gasteiger partial charge in [-0.2, -0.15) is 18.3 Å². The van der Waals surface area contributed by atoms with Crippen molar-refractivity contribution >= 4 is 11.6 Å². The van der Waals surface area contributed by atoms with Crippen molar-refractivity contribution in [3.8, 4) is 11.5 Å². The Hall–Kier alpha value is -2.88. The van der Waals surface area contributed by atoms with Gasteiger partial charge >= 0.3 is 6.18 Å². The molecule has 0 aliphatic carbocycles. The maximum absolute atomic E-state index is 13.5. The van der Waals surface area contributed by atoms with Crippen LogP contribution in [0.3, 0.4) is 0 Å². The summed E-state index contributed by atoms with van der Waals surface area (Å²) in [5.74, 6) is -0.396. The van der Waals surface area contributed by atoms with E-state index in [1.165, 1.54) is 12.3 Å². The first-order chi connectivity index (χ1) is 12.9. The Bertz CT molecular complexity index is 960. The quantitative estimate of drug-likeness (QED) is 0.753. The van der Waals surface area contributed by atoms with E-state index in [9.17, 15) is 18.0 Å². The van der Waals surface area contributed by atoms with Crippen molar-refractivity contribution in [1.82, 2.24) is 19.9 Å². The van der Waals surface area contributed by atoms with Crippen LogP contribution in [0.2, 0.25) is 0 Å². The maximum atomic E-state index is 13.5. The highest BCUT2D eigenvalue weighted by Gasteiger charge is 2.36. The van der Waals surface area contributed by atoms with Crippen LogP contribution in [0.5, 0.6) is 0 Å². The number of carbonyl (C=O) groups is 1. The fraction of sp³-hybridized carbons (Fsp3) is 0.353. The van der Waals surface area contributed by atoms with Gasteiger partial charge in [-0.3, -0.25) is 4.79 Å². The smallest absolute Gasteiger partial charge is 0.433 e. The molecule has 1 amide bonds. The summed E-state index contributed by atoms with van der Waals surface area (Å²) in [4.78, 5) is 16.6. The van der Waals surface area contributed by atoms with Crippen LogP contribution in [0.1, 0.15) is 28.9 Å². The number of rotatable bonds is 4. The minimum absolute atomic E-state index is 0.0338. The molecule has 1 atom stereocenters. The normalized spacial score (nSPS) is 17.5. The Labute approximate surface area is 151 Å². The average molecular weight is 380 g/mol. The standard InChI is InChI=1S/C17H15F3N4O3/c18-17(19,20)14-7-12(13-4-2-6-27-13)23-15-11(9-22-24(14)15)16(25)21-8-10-3-1-5-26-10/h2,4,6-7,9-10H,1,3,5,8H2,(H,21,25). The Morgan fingerprint density at radius 1 is 1.41 bits per heavy atom. The van der Waals surface area contributed by atoms with Gasteiger partial charge in [-0.25, -0.2) is 9.50 Å². The van der Waals surface area contributed by atoms with Crippen molar-refractivity contribution < 1.29 is 27.1 Å². The lowest BCUT2D eigenvalue weighted by molar-refractivity contribution is -0.142. The van der Waals surface area contributed by atoms with Crippen LogP contribution < -0.4 is 5.32 Å². The third-order valence-corrected chi connectivity index (χ3v) is 4.29. The lowest BCUT2D eigenvalue weighted by atomic mass is 10.2. The number of nitrogens with zero attached hydrogens (tertiary/aromatic N) is 3. The molecule has 10 heteroatoms. The lowest BCUT2D eigenvalue weighted by Gasteiger charge is -2.11. The first-order valence-corrected chi connectivity index (χ1v) is 8.33. The number of fused-ring (bicyclic) bond motifs is 1. The highest BCUT2D eigenvalue weighted by Crippen LogP contribution is 2.32. The van der Waals surface area contributed by atoms with Crippen molar-refractivity contribution in [2.24, 2.45) is 0 Å². The molecule has 0 aromatic carbocycles. The van der Waals surface area contributed by atoms with Crippen LogP contribution in [0.25, 0.3) is 17.1 Å². The molecule has 4 heterocycles. The molecular formula is C17H15F3N4O3. The van der Waals surface area contributed by atoms with E-state index in [1.54, 1.807) is 6.07 Å². The number of ether oxygens (including phenoxy) is 1. The van der Waals surface area contributed by atoms with Crippen molar-refractivity contribution in [3.63, 3.8) is 0 Å². The van der Waals surface area contributed by atoms with E-state index in [-0.39, 0.29) is 35.3 Å². The fourth-order valence-corrected chi connectivity index (χ4v) is 2.98. The van der Waals surface area contributed by atoms with Gasteiger partial charge in [0, 0.05) is 13.2 Å². The van der Waals surface area contributed by atoms with Gasteiger partial charge in [-0.15, -0.1) is 0 Å². The monoisotopic (exact) mass is 380 g/mol. The Kier molecular flexibility index (Phi) is 4.34. The molecule has 0 bridgehead atoms. The third-order valence-electron chi connectivity index (χ3n) is 4.29. The van der Waals surface area contributed by atoms with E-state index >= 15 is 0 Å². The van der Waals surface area contributed by atoms with E-state index in [0.29, 0.717) is 11.1 Å². The van der Waals surface area contributed by atoms with Gasteiger partial charge in [0.05, 0.1) is 18.6 Å². The first kappa shape index (κ1) is 17.5. The number of halogens is 3. The summed E-state index contributed by atoms with van der Waals surface area (Å²) in [5, 5.41) is 6.39. The zero-order valence-corrected chi connectivity index (χ0v) is 14.0. The van der Waals surface area contributed by atoms with E-state index in [0.717, 1.165) is 25.1 Å². The highest BCUT2D eigenvalue weighted by atomic mass is 19.4. The maximum Gasteiger partial charge on any atom is 0.433 e. The van der Waals surface area contributed by atoms with Crippen LogP contribution in [0.15, 0.2) is 35.1 Å². The number of alkyl halides is 3. The molecule has 0 saturated carbocycles. The summed E-state index contributed by atoms with van der Waals surface area (Å²) >= 11 is 0. The predicted molar refractivity (Wildman–Crippen MR) is 87.0 cm³/mol. The molecule has 1 unspecified atom stereocenters. The van der Waals surface area contributed by atoms with E-state index < -0.39 is 17.8 Å². The first-order valence-electron chi connectivity index (χ1n) is 8.33. The van der Waals surface area contributed by atoms with Crippen LogP contribution in [-0.2, 0) is 10.9 Å². The zero-order chi connectivity index (χ0) is 19.0. The molecule has 0 spiro atoms. The van der Waals surface area contributed by atoms with E-state index in [2.05, 4.69) is 15.4 Å². The molecule has 27 heavy (non-hydrogen) atoms. The average Bonchev–Trinajstić information content (AvgIpc) is 3.39. The molecule has 7 nitrogen and oxygen atoms in total. The van der Waals surface area contributed by atoms with Gasteiger partial charge in [0.2, 0.25) is 0 Å². The summed E-state index contributed by atoms with van der Waals surface area (Å²) in [5.41, 5.74) is -1.32. The summed E-state index contributed by atoms with van der Waals surface area (Å²) in [6.45, 7) is 0.917. The van der Waals surface area contributed by atoms with Crippen LogP contribution in [-0.4, -0.2) is 39.8 Å². The van der Waals surface area contributed by atoms with Gasteiger partial charge in [0.15, 0.2) is 17.1 Å². The molecule has 3 aromatic heterocycles. The molecule has 3 aromatic rings. The number of hydrogen-bond donors (Lipinski definition) is 1. The van der Waals surface area contributed by atoms with Crippen LogP contribution in [0, 0.1) is 0 Å². The number of furan rings is 1. The molecule has 4 rings (SSSR count). The minimum atomic E-state index is -4.68. The molecule has 1 saturated heterocycles. The Balaban J connectivity index is 1.73. The third kappa shape index (κ3) is 3.39.